The summed E-state index contributed by atoms with van der Waals surface area (Å²) in [6.07, 6.45) is 2.07. The zero-order valence-electron chi connectivity index (χ0n) is 11.4. The lowest BCUT2D eigenvalue weighted by atomic mass is 10.0. The summed E-state index contributed by atoms with van der Waals surface area (Å²) in [7, 11) is 0. The van der Waals surface area contributed by atoms with Crippen molar-refractivity contribution >= 4 is 11.6 Å². The van der Waals surface area contributed by atoms with Crippen LogP contribution in [-0.2, 0) is 4.79 Å². The first-order valence-electron chi connectivity index (χ1n) is 6.35. The molecule has 1 amide bonds. The van der Waals surface area contributed by atoms with Gasteiger partial charge in [-0.15, -0.1) is 6.58 Å². The van der Waals surface area contributed by atoms with E-state index in [2.05, 4.69) is 6.58 Å². The molecule has 4 nitrogen and oxygen atoms in total. The van der Waals surface area contributed by atoms with Crippen LogP contribution >= 0.6 is 0 Å². The Bertz CT molecular complexity index is 426. The lowest BCUT2D eigenvalue weighted by Crippen LogP contribution is -2.42. The number of phenols is 1. The van der Waals surface area contributed by atoms with E-state index in [1.807, 2.05) is 13.8 Å². The van der Waals surface area contributed by atoms with Crippen LogP contribution in [0.3, 0.4) is 0 Å². The van der Waals surface area contributed by atoms with Gasteiger partial charge in [-0.05, 0) is 44.5 Å². The largest absolute Gasteiger partial charge is 0.508 e. The van der Waals surface area contributed by atoms with Crippen LogP contribution in [0.5, 0.6) is 5.75 Å². The molecule has 1 aromatic rings. The molecule has 1 aromatic carbocycles. The summed E-state index contributed by atoms with van der Waals surface area (Å²) in [5, 5.41) is 18.6. The van der Waals surface area contributed by atoms with Crippen molar-refractivity contribution in [3.8, 4) is 5.75 Å². The van der Waals surface area contributed by atoms with Gasteiger partial charge in [-0.3, -0.25) is 4.79 Å². The number of carbonyl (C=O) groups excluding carboxylic acids is 1. The maximum Gasteiger partial charge on any atom is 0.232 e. The highest BCUT2D eigenvalue weighted by Crippen LogP contribution is 2.23. The Morgan fingerprint density at radius 1 is 1.37 bits per heavy atom. The summed E-state index contributed by atoms with van der Waals surface area (Å²) in [5.74, 6) is -0.457. The summed E-state index contributed by atoms with van der Waals surface area (Å²) >= 11 is 0. The molecule has 4 heteroatoms. The Labute approximate surface area is 114 Å². The number of phenolic OH excluding ortho intramolecular Hbond substituents is 1. The highest BCUT2D eigenvalue weighted by Gasteiger charge is 2.26. The van der Waals surface area contributed by atoms with Gasteiger partial charge < -0.3 is 15.1 Å². The Hall–Kier alpha value is -1.81. The van der Waals surface area contributed by atoms with Crippen LogP contribution in [0, 0.1) is 5.92 Å². The smallest absolute Gasteiger partial charge is 0.232 e. The van der Waals surface area contributed by atoms with Gasteiger partial charge in [-0.25, -0.2) is 0 Å². The average molecular weight is 263 g/mol. The summed E-state index contributed by atoms with van der Waals surface area (Å²) in [4.78, 5) is 14.1. The van der Waals surface area contributed by atoms with Gasteiger partial charge in [0.1, 0.15) is 5.75 Å². The number of benzene rings is 1. The number of carbonyl (C=O) groups is 1. The molecule has 0 aliphatic carbocycles. The van der Waals surface area contributed by atoms with Crippen molar-refractivity contribution in [2.24, 2.45) is 5.92 Å². The number of aromatic hydroxyl groups is 1. The van der Waals surface area contributed by atoms with Gasteiger partial charge in [0.2, 0.25) is 5.91 Å². The third-order valence-corrected chi connectivity index (χ3v) is 2.90. The second-order valence-electron chi connectivity index (χ2n) is 4.72. The van der Waals surface area contributed by atoms with Gasteiger partial charge in [0.15, 0.2) is 0 Å². The third kappa shape index (κ3) is 3.83. The Kier molecular flexibility index (Phi) is 5.57. The molecule has 1 rings (SSSR count). The molecule has 0 aliphatic rings. The standard InChI is InChI=1S/C15H21NO3/c1-4-5-12(10-17)15(19)16(11(2)3)13-6-8-14(18)9-7-13/h4,6-9,11-12,17-18H,1,5,10H2,2-3H3. The van der Waals surface area contributed by atoms with Crippen molar-refractivity contribution in [1.29, 1.82) is 0 Å². The summed E-state index contributed by atoms with van der Waals surface area (Å²) < 4.78 is 0. The minimum Gasteiger partial charge on any atom is -0.508 e. The highest BCUT2D eigenvalue weighted by atomic mass is 16.3. The molecule has 2 N–H and O–H groups in total. The third-order valence-electron chi connectivity index (χ3n) is 2.90. The first-order chi connectivity index (χ1) is 9.01. The maximum atomic E-state index is 12.4. The molecular weight excluding hydrogens is 242 g/mol. The van der Waals surface area contributed by atoms with Crippen LogP contribution in [0.1, 0.15) is 20.3 Å². The van der Waals surface area contributed by atoms with Crippen molar-refractivity contribution in [3.05, 3.63) is 36.9 Å². The zero-order chi connectivity index (χ0) is 14.4. The van der Waals surface area contributed by atoms with Crippen molar-refractivity contribution < 1.29 is 15.0 Å². The van der Waals surface area contributed by atoms with Crippen LogP contribution in [0.2, 0.25) is 0 Å². The van der Waals surface area contributed by atoms with E-state index in [0.29, 0.717) is 12.1 Å². The SMILES string of the molecule is C=CCC(CO)C(=O)N(c1ccc(O)cc1)C(C)C. The maximum absolute atomic E-state index is 12.4. The fourth-order valence-electron chi connectivity index (χ4n) is 1.94. The second kappa shape index (κ2) is 6.95. The number of anilines is 1. The van der Waals surface area contributed by atoms with Gasteiger partial charge in [0, 0.05) is 11.7 Å². The lowest BCUT2D eigenvalue weighted by Gasteiger charge is -2.30. The van der Waals surface area contributed by atoms with E-state index in [1.165, 1.54) is 0 Å². The van der Waals surface area contributed by atoms with Crippen LogP contribution in [0.4, 0.5) is 5.69 Å². The van der Waals surface area contributed by atoms with Gasteiger partial charge in [-0.1, -0.05) is 6.08 Å². The molecule has 0 aromatic heterocycles. The predicted molar refractivity (Wildman–Crippen MR) is 76.1 cm³/mol. The van der Waals surface area contributed by atoms with E-state index >= 15 is 0 Å². The summed E-state index contributed by atoms with van der Waals surface area (Å²) in [6.45, 7) is 7.22. The molecule has 0 fully saturated rings. The van der Waals surface area contributed by atoms with Gasteiger partial charge >= 0.3 is 0 Å². The van der Waals surface area contributed by atoms with Crippen molar-refractivity contribution in [2.45, 2.75) is 26.3 Å². The summed E-state index contributed by atoms with van der Waals surface area (Å²) in [5.41, 5.74) is 0.709. The molecule has 0 saturated heterocycles. The normalized spacial score (nSPS) is 12.2. The number of aliphatic hydroxyl groups is 1. The number of aliphatic hydroxyl groups excluding tert-OH is 1. The number of hydrogen-bond acceptors (Lipinski definition) is 3. The minimum absolute atomic E-state index is 0.0316. The number of rotatable bonds is 6. The van der Waals surface area contributed by atoms with E-state index in [9.17, 15) is 15.0 Å². The average Bonchev–Trinajstić information content (AvgIpc) is 2.38. The molecule has 0 spiro atoms. The molecule has 0 aliphatic heterocycles. The number of amides is 1. The number of hydrogen-bond donors (Lipinski definition) is 2. The second-order valence-corrected chi connectivity index (χ2v) is 4.72. The monoisotopic (exact) mass is 263 g/mol. The van der Waals surface area contributed by atoms with Crippen LogP contribution in [0.25, 0.3) is 0 Å². The van der Waals surface area contributed by atoms with Crippen molar-refractivity contribution in [1.82, 2.24) is 0 Å². The quantitative estimate of drug-likeness (QED) is 0.774. The fourth-order valence-corrected chi connectivity index (χ4v) is 1.94. The lowest BCUT2D eigenvalue weighted by molar-refractivity contribution is -0.123. The molecular formula is C15H21NO3. The van der Waals surface area contributed by atoms with Crippen LogP contribution in [0.15, 0.2) is 36.9 Å². The first-order valence-corrected chi connectivity index (χ1v) is 6.35. The molecule has 0 bridgehead atoms. The zero-order valence-corrected chi connectivity index (χ0v) is 11.4. The van der Waals surface area contributed by atoms with E-state index in [-0.39, 0.29) is 24.3 Å². The summed E-state index contributed by atoms with van der Waals surface area (Å²) in [6, 6.07) is 6.43. The molecule has 0 radical (unpaired) electrons. The van der Waals surface area contributed by atoms with Crippen LogP contribution < -0.4 is 4.90 Å². The molecule has 104 valence electrons. The Morgan fingerprint density at radius 2 is 1.95 bits per heavy atom. The van der Waals surface area contributed by atoms with Gasteiger partial charge in [-0.2, -0.15) is 0 Å². The molecule has 0 saturated carbocycles. The predicted octanol–water partition coefficient (Wildman–Crippen LogP) is 2.32. The Morgan fingerprint density at radius 3 is 2.37 bits per heavy atom. The Balaban J connectivity index is 3.03. The van der Waals surface area contributed by atoms with Crippen molar-refractivity contribution in [3.63, 3.8) is 0 Å². The van der Waals surface area contributed by atoms with Gasteiger partial charge in [0.05, 0.1) is 12.5 Å². The molecule has 19 heavy (non-hydrogen) atoms. The van der Waals surface area contributed by atoms with E-state index < -0.39 is 5.92 Å². The van der Waals surface area contributed by atoms with Gasteiger partial charge in [0.25, 0.3) is 0 Å². The van der Waals surface area contributed by atoms with E-state index in [1.54, 1.807) is 35.2 Å². The molecule has 1 atom stereocenters. The fraction of sp³-hybridized carbons (Fsp3) is 0.400. The highest BCUT2D eigenvalue weighted by molar-refractivity contribution is 5.95. The van der Waals surface area contributed by atoms with Crippen LogP contribution in [-0.4, -0.2) is 28.8 Å². The first kappa shape index (κ1) is 15.2. The van der Waals surface area contributed by atoms with Crippen molar-refractivity contribution in [2.75, 3.05) is 11.5 Å². The minimum atomic E-state index is -0.478. The topological polar surface area (TPSA) is 60.8 Å². The van der Waals surface area contributed by atoms with E-state index in [4.69, 9.17) is 0 Å². The van der Waals surface area contributed by atoms with E-state index in [0.717, 1.165) is 0 Å². The molecule has 1 unspecified atom stereocenters. The molecule has 0 heterocycles. The number of nitrogens with zero attached hydrogens (tertiary/aromatic N) is 1. The number of allylic oxidation sites excluding steroid dienone is 1.